The molecule has 0 fully saturated rings. The van der Waals surface area contributed by atoms with Gasteiger partial charge in [-0.2, -0.15) is 0 Å². The van der Waals surface area contributed by atoms with Gasteiger partial charge in [-0.1, -0.05) is 11.7 Å². The summed E-state index contributed by atoms with van der Waals surface area (Å²) in [6.07, 6.45) is 1.50. The molecule has 0 saturated carbocycles. The summed E-state index contributed by atoms with van der Waals surface area (Å²) in [5.41, 5.74) is 9.71. The molecule has 0 spiro atoms. The molecule has 0 radical (unpaired) electrons. The van der Waals surface area contributed by atoms with Crippen LogP contribution in [0.25, 0.3) is 10.4 Å². The third kappa shape index (κ3) is 8.46. The fourth-order valence-electron chi connectivity index (χ4n) is 1.76. The molecule has 0 aliphatic heterocycles. The van der Waals surface area contributed by atoms with Crippen LogP contribution in [-0.4, -0.2) is 35.8 Å². The van der Waals surface area contributed by atoms with Crippen molar-refractivity contribution in [2.24, 2.45) is 5.11 Å². The first-order valence-electron chi connectivity index (χ1n) is 7.88. The molecule has 0 atom stereocenters. The van der Waals surface area contributed by atoms with Gasteiger partial charge in [0.15, 0.2) is 0 Å². The van der Waals surface area contributed by atoms with E-state index in [2.05, 4.69) is 37.5 Å². The minimum Gasteiger partial charge on any atom is -0.354 e. The summed E-state index contributed by atoms with van der Waals surface area (Å²) in [6.45, 7) is 5.80. The molecule has 138 valence electrons. The van der Waals surface area contributed by atoms with Crippen molar-refractivity contribution >= 4 is 23.4 Å². The Kier molecular flexibility index (Phi) is 8.91. The van der Waals surface area contributed by atoms with Crippen molar-refractivity contribution in [1.82, 2.24) is 15.6 Å². The number of amides is 3. The maximum Gasteiger partial charge on any atom is 0.246 e. The SMILES string of the molecule is C=C(C)C(=O)NCCNC(=O)CCC(=O)Nc1ccc(CN=[N+]=[N-])nc1. The zero-order chi connectivity index (χ0) is 19.4. The maximum absolute atomic E-state index is 11.8. The lowest BCUT2D eigenvalue weighted by Gasteiger charge is -2.07. The summed E-state index contributed by atoms with van der Waals surface area (Å²) in [7, 11) is 0. The molecule has 0 aliphatic carbocycles. The smallest absolute Gasteiger partial charge is 0.246 e. The van der Waals surface area contributed by atoms with E-state index in [1.807, 2.05) is 0 Å². The van der Waals surface area contributed by atoms with E-state index in [0.29, 0.717) is 17.0 Å². The summed E-state index contributed by atoms with van der Waals surface area (Å²) in [5, 5.41) is 11.2. The highest BCUT2D eigenvalue weighted by Crippen LogP contribution is 2.08. The van der Waals surface area contributed by atoms with Gasteiger partial charge >= 0.3 is 0 Å². The van der Waals surface area contributed by atoms with E-state index < -0.39 is 0 Å². The van der Waals surface area contributed by atoms with Crippen molar-refractivity contribution < 1.29 is 14.4 Å². The van der Waals surface area contributed by atoms with E-state index in [1.165, 1.54) is 6.20 Å². The number of pyridine rings is 1. The predicted molar refractivity (Wildman–Crippen MR) is 95.8 cm³/mol. The first kappa shape index (κ1) is 20.7. The molecule has 10 heteroatoms. The molecule has 0 unspecified atom stereocenters. The Hall–Kier alpha value is -3.39. The zero-order valence-electron chi connectivity index (χ0n) is 14.5. The van der Waals surface area contributed by atoms with Gasteiger partial charge < -0.3 is 16.0 Å². The summed E-state index contributed by atoms with van der Waals surface area (Å²) < 4.78 is 0. The van der Waals surface area contributed by atoms with Crippen LogP contribution >= 0.6 is 0 Å². The van der Waals surface area contributed by atoms with Gasteiger partial charge in [0.2, 0.25) is 17.7 Å². The number of aromatic nitrogens is 1. The number of hydrogen-bond acceptors (Lipinski definition) is 5. The van der Waals surface area contributed by atoms with Crippen LogP contribution in [0.3, 0.4) is 0 Å². The molecule has 1 rings (SSSR count). The van der Waals surface area contributed by atoms with Gasteiger partial charge in [0.05, 0.1) is 18.4 Å². The lowest BCUT2D eigenvalue weighted by Crippen LogP contribution is -2.35. The summed E-state index contributed by atoms with van der Waals surface area (Å²) >= 11 is 0. The van der Waals surface area contributed by atoms with Crippen LogP contribution < -0.4 is 16.0 Å². The third-order valence-electron chi connectivity index (χ3n) is 3.10. The van der Waals surface area contributed by atoms with Crippen LogP contribution in [0.15, 0.2) is 35.6 Å². The van der Waals surface area contributed by atoms with Crippen molar-refractivity contribution in [3.05, 3.63) is 46.6 Å². The van der Waals surface area contributed by atoms with Crippen LogP contribution in [0.5, 0.6) is 0 Å². The Balaban J connectivity index is 2.24. The summed E-state index contributed by atoms with van der Waals surface area (Å²) in [4.78, 5) is 41.4. The largest absolute Gasteiger partial charge is 0.354 e. The quantitative estimate of drug-likeness (QED) is 0.190. The Morgan fingerprint density at radius 3 is 2.50 bits per heavy atom. The van der Waals surface area contributed by atoms with E-state index in [1.54, 1.807) is 19.1 Å². The van der Waals surface area contributed by atoms with Crippen molar-refractivity contribution in [2.45, 2.75) is 26.3 Å². The highest BCUT2D eigenvalue weighted by atomic mass is 16.2. The second-order valence-electron chi connectivity index (χ2n) is 5.36. The third-order valence-corrected chi connectivity index (χ3v) is 3.10. The molecular weight excluding hydrogens is 338 g/mol. The van der Waals surface area contributed by atoms with Gasteiger partial charge in [-0.25, -0.2) is 0 Å². The monoisotopic (exact) mass is 359 g/mol. The van der Waals surface area contributed by atoms with Crippen molar-refractivity contribution in [2.75, 3.05) is 18.4 Å². The van der Waals surface area contributed by atoms with Crippen LogP contribution in [0.1, 0.15) is 25.5 Å². The number of rotatable bonds is 10. The number of anilines is 1. The molecule has 1 heterocycles. The normalized spacial score (nSPS) is 9.58. The van der Waals surface area contributed by atoms with Crippen molar-refractivity contribution in [3.63, 3.8) is 0 Å². The Labute approximate surface area is 150 Å². The number of hydrogen-bond donors (Lipinski definition) is 3. The van der Waals surface area contributed by atoms with E-state index >= 15 is 0 Å². The number of azide groups is 1. The van der Waals surface area contributed by atoms with Crippen LogP contribution in [0.4, 0.5) is 5.69 Å². The Bertz CT molecular complexity index is 709. The average molecular weight is 359 g/mol. The summed E-state index contributed by atoms with van der Waals surface area (Å²) in [6, 6.07) is 3.27. The van der Waals surface area contributed by atoms with E-state index in [9.17, 15) is 14.4 Å². The van der Waals surface area contributed by atoms with E-state index in [4.69, 9.17) is 5.53 Å². The standard InChI is InChI=1S/C16H21N7O3/c1-11(2)16(26)19-8-7-18-14(24)5-6-15(25)22-13-4-3-12(20-9-13)10-21-23-17/h3-4,9H,1,5-8,10H2,2H3,(H,18,24)(H,19,26)(H,22,25). The highest BCUT2D eigenvalue weighted by molar-refractivity contribution is 5.93. The number of nitrogens with zero attached hydrogens (tertiary/aromatic N) is 4. The lowest BCUT2D eigenvalue weighted by atomic mass is 10.2. The first-order valence-corrected chi connectivity index (χ1v) is 7.88. The maximum atomic E-state index is 11.8. The molecule has 0 bridgehead atoms. The number of carbonyl (C=O) groups is 3. The fourth-order valence-corrected chi connectivity index (χ4v) is 1.76. The minimum absolute atomic E-state index is 0.0183. The Morgan fingerprint density at radius 2 is 1.88 bits per heavy atom. The number of nitrogens with one attached hydrogen (secondary N) is 3. The average Bonchev–Trinajstić information content (AvgIpc) is 2.62. The molecule has 0 aliphatic rings. The molecule has 3 N–H and O–H groups in total. The molecule has 10 nitrogen and oxygen atoms in total. The molecule has 1 aromatic heterocycles. The molecule has 26 heavy (non-hydrogen) atoms. The van der Waals surface area contributed by atoms with Crippen molar-refractivity contribution in [1.29, 1.82) is 0 Å². The van der Waals surface area contributed by atoms with E-state index in [0.717, 1.165) is 0 Å². The van der Waals surface area contributed by atoms with E-state index in [-0.39, 0.29) is 50.2 Å². The zero-order valence-corrected chi connectivity index (χ0v) is 14.5. The molecule has 0 aromatic carbocycles. The second kappa shape index (κ2) is 11.2. The van der Waals surface area contributed by atoms with Gasteiger partial charge in [0.25, 0.3) is 0 Å². The first-order chi connectivity index (χ1) is 12.4. The highest BCUT2D eigenvalue weighted by Gasteiger charge is 2.08. The molecule has 0 saturated heterocycles. The van der Waals surface area contributed by atoms with Crippen LogP contribution in [0, 0.1) is 0 Å². The molecule has 3 amide bonds. The van der Waals surface area contributed by atoms with Crippen LogP contribution in [-0.2, 0) is 20.9 Å². The number of carbonyl (C=O) groups excluding carboxylic acids is 3. The topological polar surface area (TPSA) is 149 Å². The predicted octanol–water partition coefficient (Wildman–Crippen LogP) is 1.42. The molecule has 1 aromatic rings. The second-order valence-corrected chi connectivity index (χ2v) is 5.36. The van der Waals surface area contributed by atoms with Crippen molar-refractivity contribution in [3.8, 4) is 0 Å². The fraction of sp³-hybridized carbons (Fsp3) is 0.375. The minimum atomic E-state index is -0.319. The van der Waals surface area contributed by atoms with Crippen LogP contribution in [0.2, 0.25) is 0 Å². The van der Waals surface area contributed by atoms with Gasteiger partial charge in [-0.15, -0.1) is 0 Å². The molecular formula is C16H21N7O3. The van der Waals surface area contributed by atoms with Gasteiger partial charge in [0.1, 0.15) is 0 Å². The summed E-state index contributed by atoms with van der Waals surface area (Å²) in [5.74, 6) is -0.870. The Morgan fingerprint density at radius 1 is 1.19 bits per heavy atom. The van der Waals surface area contributed by atoms with Gasteiger partial charge in [-0.05, 0) is 24.6 Å². The van der Waals surface area contributed by atoms with Gasteiger partial charge in [0, 0.05) is 42.1 Å². The lowest BCUT2D eigenvalue weighted by molar-refractivity contribution is -0.124. The van der Waals surface area contributed by atoms with Gasteiger partial charge in [-0.3, -0.25) is 19.4 Å².